The van der Waals surface area contributed by atoms with Gasteiger partial charge in [0.15, 0.2) is 5.96 Å². The largest absolute Gasteiger partial charge is 0.357 e. The van der Waals surface area contributed by atoms with Crippen LogP contribution in [-0.4, -0.2) is 40.0 Å². The molecule has 1 aliphatic rings. The summed E-state index contributed by atoms with van der Waals surface area (Å²) in [7, 11) is 0. The highest BCUT2D eigenvalue weighted by molar-refractivity contribution is 6.30. The molecule has 0 spiro atoms. The van der Waals surface area contributed by atoms with E-state index in [0.29, 0.717) is 18.5 Å². The van der Waals surface area contributed by atoms with Crippen LogP contribution in [0.15, 0.2) is 48.0 Å². The van der Waals surface area contributed by atoms with Gasteiger partial charge < -0.3 is 14.8 Å². The Morgan fingerprint density at radius 1 is 1.36 bits per heavy atom. The van der Waals surface area contributed by atoms with E-state index < -0.39 is 0 Å². The highest BCUT2D eigenvalue weighted by Gasteiger charge is 2.28. The Bertz CT molecular complexity index is 680. The third-order valence-corrected chi connectivity index (χ3v) is 5.04. The van der Waals surface area contributed by atoms with Gasteiger partial charge in [0.2, 0.25) is 0 Å². The van der Waals surface area contributed by atoms with Crippen LogP contribution in [0.5, 0.6) is 0 Å². The molecule has 0 saturated carbocycles. The number of benzene rings is 1. The fraction of sp³-hybridized carbons (Fsp3) is 0.474. The molecule has 3 rings (SSSR count). The second-order valence-electron chi connectivity index (χ2n) is 6.59. The molecule has 0 bridgehead atoms. The predicted octanol–water partition coefficient (Wildman–Crippen LogP) is 3.59. The summed E-state index contributed by atoms with van der Waals surface area (Å²) in [6, 6.07) is 8.31. The molecule has 0 radical (unpaired) electrons. The fourth-order valence-corrected chi connectivity index (χ4v) is 3.40. The number of halogens is 1. The van der Waals surface area contributed by atoms with E-state index in [1.807, 2.05) is 36.8 Å². The maximum atomic E-state index is 5.96. The average molecular weight is 360 g/mol. The van der Waals surface area contributed by atoms with Crippen molar-refractivity contribution < 1.29 is 0 Å². The molecule has 0 aliphatic carbocycles. The van der Waals surface area contributed by atoms with Gasteiger partial charge in [0.25, 0.3) is 0 Å². The number of nitrogens with one attached hydrogen (secondary N) is 1. The molecule has 25 heavy (non-hydrogen) atoms. The smallest absolute Gasteiger partial charge is 0.194 e. The lowest BCUT2D eigenvalue weighted by Crippen LogP contribution is -2.49. The summed E-state index contributed by atoms with van der Waals surface area (Å²) >= 11 is 5.96. The van der Waals surface area contributed by atoms with Gasteiger partial charge in [-0.3, -0.25) is 0 Å². The van der Waals surface area contributed by atoms with Crippen LogP contribution in [0.3, 0.4) is 0 Å². The second-order valence-corrected chi connectivity index (χ2v) is 7.02. The maximum absolute atomic E-state index is 5.96. The van der Waals surface area contributed by atoms with Gasteiger partial charge in [-0.2, -0.15) is 0 Å². The molecule has 2 aromatic rings. The fourth-order valence-electron chi connectivity index (χ4n) is 3.28. The van der Waals surface area contributed by atoms with E-state index >= 15 is 0 Å². The molecular weight excluding hydrogens is 334 g/mol. The second kappa shape index (κ2) is 8.39. The van der Waals surface area contributed by atoms with E-state index in [-0.39, 0.29) is 0 Å². The Morgan fingerprint density at radius 2 is 2.16 bits per heavy atom. The molecule has 5 nitrogen and oxygen atoms in total. The SMILES string of the molecule is CCNC(=NCc1ccc(Cl)cc1)N1CCC(C)C(n2ccnc2)C1. The van der Waals surface area contributed by atoms with Crippen molar-refractivity contribution in [1.29, 1.82) is 0 Å². The molecule has 1 saturated heterocycles. The van der Waals surface area contributed by atoms with Crippen molar-refractivity contribution in [2.24, 2.45) is 10.9 Å². The summed E-state index contributed by atoms with van der Waals surface area (Å²) in [6.45, 7) is 7.92. The first kappa shape index (κ1) is 17.8. The summed E-state index contributed by atoms with van der Waals surface area (Å²) in [5.74, 6) is 1.61. The number of imidazole rings is 1. The van der Waals surface area contributed by atoms with E-state index in [9.17, 15) is 0 Å². The van der Waals surface area contributed by atoms with E-state index in [2.05, 4.69) is 39.8 Å². The Hall–Kier alpha value is -2.01. The van der Waals surface area contributed by atoms with Crippen molar-refractivity contribution in [1.82, 2.24) is 19.8 Å². The molecule has 1 aromatic heterocycles. The van der Waals surface area contributed by atoms with E-state index in [4.69, 9.17) is 16.6 Å². The third kappa shape index (κ3) is 4.54. The molecule has 2 atom stereocenters. The minimum atomic E-state index is 0.427. The van der Waals surface area contributed by atoms with Gasteiger partial charge in [-0.25, -0.2) is 9.98 Å². The van der Waals surface area contributed by atoms with Crippen LogP contribution >= 0.6 is 11.6 Å². The van der Waals surface area contributed by atoms with Crippen LogP contribution in [0, 0.1) is 5.92 Å². The first-order chi connectivity index (χ1) is 12.2. The number of likely N-dealkylation sites (tertiary alicyclic amines) is 1. The molecule has 6 heteroatoms. The van der Waals surface area contributed by atoms with Crippen LogP contribution < -0.4 is 5.32 Å². The number of guanidine groups is 1. The average Bonchev–Trinajstić information content (AvgIpc) is 3.15. The van der Waals surface area contributed by atoms with Gasteiger partial charge in [0, 0.05) is 37.1 Å². The number of hydrogen-bond acceptors (Lipinski definition) is 2. The van der Waals surface area contributed by atoms with Gasteiger partial charge >= 0.3 is 0 Å². The maximum Gasteiger partial charge on any atom is 0.194 e. The van der Waals surface area contributed by atoms with Crippen molar-refractivity contribution in [2.75, 3.05) is 19.6 Å². The predicted molar refractivity (Wildman–Crippen MR) is 103 cm³/mol. The van der Waals surface area contributed by atoms with Crippen molar-refractivity contribution in [3.63, 3.8) is 0 Å². The highest BCUT2D eigenvalue weighted by atomic mass is 35.5. The molecule has 2 heterocycles. The van der Waals surface area contributed by atoms with E-state index in [1.165, 1.54) is 0 Å². The zero-order valence-corrected chi connectivity index (χ0v) is 15.7. The zero-order valence-electron chi connectivity index (χ0n) is 14.9. The van der Waals surface area contributed by atoms with Crippen LogP contribution in [0.4, 0.5) is 0 Å². The van der Waals surface area contributed by atoms with Crippen LogP contribution in [0.25, 0.3) is 0 Å². The molecule has 1 fully saturated rings. The lowest BCUT2D eigenvalue weighted by molar-refractivity contribution is 0.189. The Labute approximate surface area is 154 Å². The number of rotatable bonds is 4. The van der Waals surface area contributed by atoms with Gasteiger partial charge in [-0.1, -0.05) is 30.7 Å². The number of aromatic nitrogens is 2. The molecule has 134 valence electrons. The number of piperidine rings is 1. The molecular formula is C19H26ClN5. The third-order valence-electron chi connectivity index (χ3n) is 4.79. The van der Waals surface area contributed by atoms with E-state index in [0.717, 1.165) is 42.6 Å². The number of nitrogens with zero attached hydrogens (tertiary/aromatic N) is 4. The Kier molecular flexibility index (Phi) is 5.97. The van der Waals surface area contributed by atoms with Crippen LogP contribution in [0.2, 0.25) is 5.02 Å². The standard InChI is InChI=1S/C19H26ClN5/c1-3-22-19(23-12-16-4-6-17(20)7-5-16)24-10-8-15(2)18(13-24)25-11-9-21-14-25/h4-7,9,11,14-15,18H,3,8,10,12-13H2,1-2H3,(H,22,23). The first-order valence-electron chi connectivity index (χ1n) is 8.92. The molecule has 0 amide bonds. The molecule has 2 unspecified atom stereocenters. The lowest BCUT2D eigenvalue weighted by Gasteiger charge is -2.39. The molecule has 1 aliphatic heterocycles. The first-order valence-corrected chi connectivity index (χ1v) is 9.30. The minimum Gasteiger partial charge on any atom is -0.357 e. The Morgan fingerprint density at radius 3 is 2.84 bits per heavy atom. The van der Waals surface area contributed by atoms with Crippen molar-refractivity contribution in [3.8, 4) is 0 Å². The zero-order chi connectivity index (χ0) is 17.6. The van der Waals surface area contributed by atoms with Crippen LogP contribution in [-0.2, 0) is 6.54 Å². The summed E-state index contributed by atoms with van der Waals surface area (Å²) < 4.78 is 2.22. The summed E-state index contributed by atoms with van der Waals surface area (Å²) in [6.07, 6.45) is 6.98. The highest BCUT2D eigenvalue weighted by Crippen LogP contribution is 2.27. The van der Waals surface area contributed by atoms with Crippen molar-refractivity contribution in [2.45, 2.75) is 32.9 Å². The summed E-state index contributed by atoms with van der Waals surface area (Å²) in [5.41, 5.74) is 1.16. The number of hydrogen-bond donors (Lipinski definition) is 1. The van der Waals surface area contributed by atoms with Gasteiger partial charge in [0.1, 0.15) is 0 Å². The van der Waals surface area contributed by atoms with E-state index in [1.54, 1.807) is 0 Å². The van der Waals surface area contributed by atoms with Crippen molar-refractivity contribution in [3.05, 3.63) is 53.6 Å². The summed E-state index contributed by atoms with van der Waals surface area (Å²) in [4.78, 5) is 11.4. The monoisotopic (exact) mass is 359 g/mol. The molecule has 1 N–H and O–H groups in total. The topological polar surface area (TPSA) is 45.5 Å². The Balaban J connectivity index is 1.72. The van der Waals surface area contributed by atoms with Crippen LogP contribution in [0.1, 0.15) is 31.9 Å². The molecule has 1 aromatic carbocycles. The number of aliphatic imine (C=N–C) groups is 1. The van der Waals surface area contributed by atoms with Gasteiger partial charge in [-0.15, -0.1) is 0 Å². The normalized spacial score (nSPS) is 21.4. The van der Waals surface area contributed by atoms with Gasteiger partial charge in [-0.05, 0) is 37.0 Å². The summed E-state index contributed by atoms with van der Waals surface area (Å²) in [5, 5.41) is 4.20. The quantitative estimate of drug-likeness (QED) is 0.670. The lowest BCUT2D eigenvalue weighted by atomic mass is 9.93. The minimum absolute atomic E-state index is 0.427. The van der Waals surface area contributed by atoms with Crippen molar-refractivity contribution >= 4 is 17.6 Å². The van der Waals surface area contributed by atoms with Gasteiger partial charge in [0.05, 0.1) is 18.9 Å².